The van der Waals surface area contributed by atoms with Gasteiger partial charge in [0.25, 0.3) is 0 Å². The second-order valence-electron chi connectivity index (χ2n) is 2.89. The Morgan fingerprint density at radius 2 is 2.00 bits per heavy atom. The maximum absolute atomic E-state index is 5.59. The molecular weight excluding hydrogens is 176 g/mol. The van der Waals surface area contributed by atoms with Crippen molar-refractivity contribution >= 4 is 19.9 Å². The quantitative estimate of drug-likeness (QED) is 0.378. The monoisotopic (exact) mass is 190 g/mol. The predicted octanol–water partition coefficient (Wildman–Crippen LogP) is 2.47. The molecule has 0 aliphatic heterocycles. The van der Waals surface area contributed by atoms with Gasteiger partial charge in [0.1, 0.15) is 0 Å². The van der Waals surface area contributed by atoms with Gasteiger partial charge in [-0.3, -0.25) is 0 Å². The molecular formula is C8H15ClOSi. The highest BCUT2D eigenvalue weighted by atomic mass is 35.5. The van der Waals surface area contributed by atoms with Crippen LogP contribution in [0.15, 0.2) is 0 Å². The van der Waals surface area contributed by atoms with Crippen molar-refractivity contribution in [3.8, 4) is 11.8 Å². The molecule has 0 N–H and O–H groups in total. The van der Waals surface area contributed by atoms with E-state index in [2.05, 4.69) is 31.9 Å². The highest BCUT2D eigenvalue weighted by Crippen LogP contribution is 2.08. The Morgan fingerprint density at radius 3 is 2.45 bits per heavy atom. The molecule has 0 aliphatic carbocycles. The number of halogens is 1. The van der Waals surface area contributed by atoms with Gasteiger partial charge in [-0.1, -0.05) is 18.8 Å². The van der Waals surface area contributed by atoms with Crippen molar-refractivity contribution in [3.05, 3.63) is 0 Å². The minimum atomic E-state index is -1.37. The molecule has 0 aromatic carbocycles. The summed E-state index contributed by atoms with van der Waals surface area (Å²) < 4.78 is 5.59. The van der Waals surface area contributed by atoms with Crippen LogP contribution in [0, 0.1) is 11.8 Å². The lowest BCUT2D eigenvalue weighted by Gasteiger charge is -2.18. The van der Waals surface area contributed by atoms with Crippen LogP contribution in [0.4, 0.5) is 0 Å². The summed E-state index contributed by atoms with van der Waals surface area (Å²) in [5.74, 6) is 6.01. The number of alkyl halides is 1. The lowest BCUT2D eigenvalue weighted by molar-refractivity contribution is 0.360. The first-order chi connectivity index (χ1) is 5.12. The van der Waals surface area contributed by atoms with Crippen molar-refractivity contribution in [2.75, 3.05) is 12.5 Å². The maximum Gasteiger partial charge on any atom is 0.187 e. The van der Waals surface area contributed by atoms with Gasteiger partial charge in [-0.15, -0.1) is 11.6 Å². The normalized spacial score (nSPS) is 10.5. The van der Waals surface area contributed by atoms with E-state index in [1.807, 2.05) is 0 Å². The lowest BCUT2D eigenvalue weighted by atomic mass is 10.6. The Bertz CT molecular complexity index is 157. The van der Waals surface area contributed by atoms with Crippen LogP contribution in [0.1, 0.15) is 6.92 Å². The number of hydrogen-bond donors (Lipinski definition) is 0. The third-order valence-corrected chi connectivity index (χ3v) is 4.34. The highest BCUT2D eigenvalue weighted by Gasteiger charge is 2.17. The van der Waals surface area contributed by atoms with E-state index < -0.39 is 8.32 Å². The summed E-state index contributed by atoms with van der Waals surface area (Å²) in [6, 6.07) is 1.13. The summed E-state index contributed by atoms with van der Waals surface area (Å²) in [6.07, 6.45) is 0. The van der Waals surface area contributed by atoms with Crippen LogP contribution < -0.4 is 0 Å². The molecule has 0 fully saturated rings. The van der Waals surface area contributed by atoms with Crippen molar-refractivity contribution in [3.63, 3.8) is 0 Å². The maximum atomic E-state index is 5.59. The smallest absolute Gasteiger partial charge is 0.187 e. The van der Waals surface area contributed by atoms with Crippen LogP contribution >= 0.6 is 11.6 Å². The van der Waals surface area contributed by atoms with Crippen molar-refractivity contribution in [1.82, 2.24) is 0 Å². The summed E-state index contributed by atoms with van der Waals surface area (Å²) in [7, 11) is -1.37. The van der Waals surface area contributed by atoms with E-state index in [4.69, 9.17) is 16.0 Å². The van der Waals surface area contributed by atoms with Crippen molar-refractivity contribution in [2.24, 2.45) is 0 Å². The Kier molecular flexibility index (Phi) is 5.66. The van der Waals surface area contributed by atoms with E-state index in [9.17, 15) is 0 Å². The molecule has 0 bridgehead atoms. The standard InChI is InChI=1S/C8H15ClOSi/c1-4-11(2,3)10-8-6-5-7-9/h4,7-8H2,1-3H3. The molecule has 0 rings (SSSR count). The summed E-state index contributed by atoms with van der Waals surface area (Å²) in [5, 5.41) is 0. The van der Waals surface area contributed by atoms with Gasteiger partial charge in [-0.05, 0) is 19.1 Å². The highest BCUT2D eigenvalue weighted by molar-refractivity contribution is 6.71. The Labute approximate surface area is 75.2 Å². The third kappa shape index (κ3) is 6.43. The first-order valence-corrected chi connectivity index (χ1v) is 7.43. The fourth-order valence-electron chi connectivity index (χ4n) is 0.432. The van der Waals surface area contributed by atoms with Crippen molar-refractivity contribution < 1.29 is 4.43 Å². The molecule has 0 spiro atoms. The molecule has 0 saturated heterocycles. The zero-order valence-corrected chi connectivity index (χ0v) is 9.16. The van der Waals surface area contributed by atoms with Gasteiger partial charge < -0.3 is 4.43 Å². The molecule has 0 atom stereocenters. The molecule has 11 heavy (non-hydrogen) atoms. The van der Waals surface area contributed by atoms with Crippen LogP contribution in [0.5, 0.6) is 0 Å². The van der Waals surface area contributed by atoms with Crippen molar-refractivity contribution in [1.29, 1.82) is 0 Å². The van der Waals surface area contributed by atoms with E-state index in [0.29, 0.717) is 12.5 Å². The topological polar surface area (TPSA) is 9.23 Å². The van der Waals surface area contributed by atoms with Gasteiger partial charge in [-0.2, -0.15) is 0 Å². The fraction of sp³-hybridized carbons (Fsp3) is 0.750. The summed E-state index contributed by atoms with van der Waals surface area (Å²) >= 11 is 5.37. The molecule has 0 heterocycles. The van der Waals surface area contributed by atoms with Gasteiger partial charge >= 0.3 is 0 Å². The molecule has 0 aromatic rings. The fourth-order valence-corrected chi connectivity index (χ4v) is 1.19. The van der Waals surface area contributed by atoms with E-state index in [-0.39, 0.29) is 0 Å². The average Bonchev–Trinajstić information content (AvgIpc) is 1.99. The Morgan fingerprint density at radius 1 is 1.36 bits per heavy atom. The lowest BCUT2D eigenvalue weighted by Crippen LogP contribution is -2.28. The van der Waals surface area contributed by atoms with Crippen LogP contribution in [-0.4, -0.2) is 20.8 Å². The van der Waals surface area contributed by atoms with E-state index in [0.717, 1.165) is 6.04 Å². The predicted molar refractivity (Wildman–Crippen MR) is 52.4 cm³/mol. The van der Waals surface area contributed by atoms with Crippen LogP contribution in [0.2, 0.25) is 19.1 Å². The zero-order chi connectivity index (χ0) is 8.74. The molecule has 0 saturated carbocycles. The van der Waals surface area contributed by atoms with Crippen molar-refractivity contribution in [2.45, 2.75) is 26.1 Å². The van der Waals surface area contributed by atoms with Gasteiger partial charge in [0.2, 0.25) is 0 Å². The average molecular weight is 191 g/mol. The molecule has 3 heteroatoms. The second kappa shape index (κ2) is 5.65. The van der Waals surface area contributed by atoms with Gasteiger partial charge in [-0.25, -0.2) is 0 Å². The molecule has 0 aromatic heterocycles. The van der Waals surface area contributed by atoms with Gasteiger partial charge in [0, 0.05) is 0 Å². The molecule has 0 amide bonds. The molecule has 64 valence electrons. The first kappa shape index (κ1) is 11.0. The van der Waals surface area contributed by atoms with Crippen LogP contribution in [-0.2, 0) is 4.43 Å². The van der Waals surface area contributed by atoms with Crippen LogP contribution in [0.3, 0.4) is 0 Å². The van der Waals surface area contributed by atoms with Gasteiger partial charge in [0.15, 0.2) is 8.32 Å². The number of hydrogen-bond acceptors (Lipinski definition) is 1. The van der Waals surface area contributed by atoms with E-state index >= 15 is 0 Å². The van der Waals surface area contributed by atoms with E-state index in [1.165, 1.54) is 0 Å². The summed E-state index contributed by atoms with van der Waals surface area (Å²) in [5.41, 5.74) is 0. The minimum absolute atomic E-state index is 0.400. The second-order valence-corrected chi connectivity index (χ2v) is 7.67. The third-order valence-electron chi connectivity index (χ3n) is 1.58. The number of rotatable bonds is 3. The SMILES string of the molecule is CC[Si](C)(C)OCC#CCCl. The Balaban J connectivity index is 3.53. The minimum Gasteiger partial charge on any atom is -0.406 e. The molecule has 0 radical (unpaired) electrons. The Hall–Kier alpha value is 0.0269. The summed E-state index contributed by atoms with van der Waals surface area (Å²) in [6.45, 7) is 7.08. The largest absolute Gasteiger partial charge is 0.406 e. The van der Waals surface area contributed by atoms with E-state index in [1.54, 1.807) is 0 Å². The van der Waals surface area contributed by atoms with Gasteiger partial charge in [0.05, 0.1) is 12.5 Å². The molecule has 1 nitrogen and oxygen atoms in total. The summed E-state index contributed by atoms with van der Waals surface area (Å²) in [4.78, 5) is 0. The molecule has 0 aliphatic rings. The first-order valence-electron chi connectivity index (χ1n) is 3.78. The van der Waals surface area contributed by atoms with Crippen LogP contribution in [0.25, 0.3) is 0 Å². The molecule has 0 unspecified atom stereocenters. The zero-order valence-electron chi connectivity index (χ0n) is 7.41.